The normalized spacial score (nSPS) is 10.3. The Labute approximate surface area is 148 Å². The van der Waals surface area contributed by atoms with Gasteiger partial charge in [-0.3, -0.25) is 0 Å². The minimum Gasteiger partial charge on any atom is -1.00 e. The number of hydrogen-bond acceptors (Lipinski definition) is 3. The highest BCUT2D eigenvalue weighted by Crippen LogP contribution is 2.16. The summed E-state index contributed by atoms with van der Waals surface area (Å²) < 4.78 is 2.25. The van der Waals surface area contributed by atoms with Gasteiger partial charge in [0.25, 0.3) is 0 Å². The predicted molar refractivity (Wildman–Crippen MR) is 87.3 cm³/mol. The molecule has 5 heteroatoms. The number of thioether (sulfide) groups is 1. The maximum Gasteiger partial charge on any atom is 0.187 e. The molecule has 0 N–H and O–H groups in total. The van der Waals surface area contributed by atoms with Gasteiger partial charge in [-0.15, -0.1) is 0 Å². The Morgan fingerprint density at radius 3 is 2.23 bits per heavy atom. The maximum atomic E-state index is 4.46. The lowest BCUT2D eigenvalue weighted by Crippen LogP contribution is -3.00. The summed E-state index contributed by atoms with van der Waals surface area (Å²) in [4.78, 5) is 8.91. The first kappa shape index (κ1) is 19.1. The number of pyridine rings is 1. The Bertz CT molecular complexity index is 529. The van der Waals surface area contributed by atoms with E-state index in [-0.39, 0.29) is 17.0 Å². The fourth-order valence-electron chi connectivity index (χ4n) is 2.25. The van der Waals surface area contributed by atoms with Crippen molar-refractivity contribution in [3.63, 3.8) is 0 Å². The Morgan fingerprint density at radius 1 is 0.909 bits per heavy atom. The summed E-state index contributed by atoms with van der Waals surface area (Å²) >= 11 is 1.78. The third kappa shape index (κ3) is 7.36. The standard InChI is InChI=1S/C17H24N3S.BrH/c1-15-14-16(2)19-17(18-15)21-13-9-4-3-6-10-20-11-7-5-8-12-20;/h5,7-8,11-12,14H,3-4,6,9-10,13H2,1-2H3;1H/q+1;/p-1. The Morgan fingerprint density at radius 2 is 1.55 bits per heavy atom. The van der Waals surface area contributed by atoms with E-state index in [4.69, 9.17) is 0 Å². The first-order valence-electron chi connectivity index (χ1n) is 7.63. The topological polar surface area (TPSA) is 29.7 Å². The summed E-state index contributed by atoms with van der Waals surface area (Å²) in [6.07, 6.45) is 9.32. The van der Waals surface area contributed by atoms with E-state index in [9.17, 15) is 0 Å². The molecule has 0 aliphatic carbocycles. The first-order chi connectivity index (χ1) is 10.2. The van der Waals surface area contributed by atoms with Gasteiger partial charge < -0.3 is 17.0 Å². The monoisotopic (exact) mass is 381 g/mol. The van der Waals surface area contributed by atoms with Crippen LogP contribution < -0.4 is 21.5 Å². The molecule has 0 unspecified atom stereocenters. The van der Waals surface area contributed by atoms with Crippen LogP contribution in [0.1, 0.15) is 37.1 Å². The molecule has 22 heavy (non-hydrogen) atoms. The molecule has 0 amide bonds. The van der Waals surface area contributed by atoms with E-state index >= 15 is 0 Å². The lowest BCUT2D eigenvalue weighted by molar-refractivity contribution is -0.697. The van der Waals surface area contributed by atoms with Crippen molar-refractivity contribution >= 4 is 11.8 Å². The third-order valence-corrected chi connectivity index (χ3v) is 4.21. The molecule has 0 saturated carbocycles. The van der Waals surface area contributed by atoms with Gasteiger partial charge in [0.2, 0.25) is 0 Å². The number of hydrogen-bond donors (Lipinski definition) is 0. The van der Waals surface area contributed by atoms with Crippen molar-refractivity contribution in [3.8, 4) is 0 Å². The highest BCUT2D eigenvalue weighted by atomic mass is 79.9. The number of unbranched alkanes of at least 4 members (excludes halogenated alkanes) is 3. The second kappa shape index (κ2) is 10.7. The molecule has 3 nitrogen and oxygen atoms in total. The van der Waals surface area contributed by atoms with Crippen LogP contribution in [0, 0.1) is 13.8 Å². The Kier molecular flexibility index (Phi) is 9.32. The van der Waals surface area contributed by atoms with Crippen molar-refractivity contribution in [2.45, 2.75) is 51.2 Å². The smallest absolute Gasteiger partial charge is 0.187 e. The number of halogens is 1. The van der Waals surface area contributed by atoms with Gasteiger partial charge in [0.15, 0.2) is 17.6 Å². The van der Waals surface area contributed by atoms with Gasteiger partial charge in [-0.25, -0.2) is 14.5 Å². The van der Waals surface area contributed by atoms with Crippen LogP contribution in [0.4, 0.5) is 0 Å². The molecule has 0 aromatic carbocycles. The van der Waals surface area contributed by atoms with Gasteiger partial charge in [-0.1, -0.05) is 24.2 Å². The highest BCUT2D eigenvalue weighted by Gasteiger charge is 2.01. The lowest BCUT2D eigenvalue weighted by atomic mass is 10.2. The molecule has 2 rings (SSSR count). The van der Waals surface area contributed by atoms with Crippen LogP contribution in [-0.2, 0) is 6.54 Å². The third-order valence-electron chi connectivity index (χ3n) is 3.28. The summed E-state index contributed by atoms with van der Waals surface area (Å²) in [6, 6.07) is 8.25. The van der Waals surface area contributed by atoms with Crippen LogP contribution in [0.25, 0.3) is 0 Å². The van der Waals surface area contributed by atoms with Gasteiger partial charge in [0, 0.05) is 35.7 Å². The van der Waals surface area contributed by atoms with Crippen molar-refractivity contribution in [1.29, 1.82) is 0 Å². The molecular formula is C17H24BrN3S. The average molecular weight is 382 g/mol. The van der Waals surface area contributed by atoms with E-state index in [0.717, 1.165) is 28.8 Å². The predicted octanol–water partition coefficient (Wildman–Crippen LogP) is 0.738. The SMILES string of the molecule is Cc1cc(C)nc(SCCCCCC[n+]2ccccc2)n1.[Br-]. The Balaban J connectivity index is 0.00000242. The minimum absolute atomic E-state index is 0. The molecule has 0 bridgehead atoms. The summed E-state index contributed by atoms with van der Waals surface area (Å²) in [5, 5.41) is 0.923. The summed E-state index contributed by atoms with van der Waals surface area (Å²) in [5.41, 5.74) is 2.12. The van der Waals surface area contributed by atoms with Crippen molar-refractivity contribution in [3.05, 3.63) is 48.0 Å². The molecule has 2 aromatic heterocycles. The second-order valence-electron chi connectivity index (χ2n) is 5.31. The molecule has 2 heterocycles. The second-order valence-corrected chi connectivity index (χ2v) is 6.37. The van der Waals surface area contributed by atoms with Crippen LogP contribution in [0.3, 0.4) is 0 Å². The molecule has 120 valence electrons. The number of nitrogens with zero attached hydrogens (tertiary/aromatic N) is 3. The van der Waals surface area contributed by atoms with Gasteiger partial charge in [-0.05, 0) is 32.8 Å². The van der Waals surface area contributed by atoms with Gasteiger partial charge in [-0.2, -0.15) is 0 Å². The number of rotatable bonds is 8. The molecule has 0 radical (unpaired) electrons. The molecule has 0 aliphatic heterocycles. The summed E-state index contributed by atoms with van der Waals surface area (Å²) in [7, 11) is 0. The van der Waals surface area contributed by atoms with Crippen molar-refractivity contribution < 1.29 is 21.5 Å². The van der Waals surface area contributed by atoms with Crippen LogP contribution in [0.5, 0.6) is 0 Å². The zero-order valence-electron chi connectivity index (χ0n) is 13.3. The quantitative estimate of drug-likeness (QED) is 0.292. The largest absolute Gasteiger partial charge is 1.00 e. The first-order valence-corrected chi connectivity index (χ1v) is 8.62. The van der Waals surface area contributed by atoms with E-state index in [1.54, 1.807) is 11.8 Å². The molecule has 0 spiro atoms. The molecule has 2 aromatic rings. The van der Waals surface area contributed by atoms with E-state index in [1.807, 2.05) is 19.9 Å². The van der Waals surface area contributed by atoms with Crippen LogP contribution in [-0.4, -0.2) is 15.7 Å². The van der Waals surface area contributed by atoms with Gasteiger partial charge in [0.1, 0.15) is 6.54 Å². The lowest BCUT2D eigenvalue weighted by Gasteiger charge is -2.03. The van der Waals surface area contributed by atoms with Crippen molar-refractivity contribution in [1.82, 2.24) is 9.97 Å². The summed E-state index contributed by atoms with van der Waals surface area (Å²) in [6.45, 7) is 5.17. The number of aromatic nitrogens is 3. The molecular weight excluding hydrogens is 358 g/mol. The molecule has 0 fully saturated rings. The van der Waals surface area contributed by atoms with Gasteiger partial charge >= 0.3 is 0 Å². The van der Waals surface area contributed by atoms with Gasteiger partial charge in [0.05, 0.1) is 0 Å². The van der Waals surface area contributed by atoms with E-state index in [0.29, 0.717) is 0 Å². The number of aryl methyl sites for hydroxylation is 3. The zero-order chi connectivity index (χ0) is 14.9. The van der Waals surface area contributed by atoms with Crippen LogP contribution in [0.2, 0.25) is 0 Å². The van der Waals surface area contributed by atoms with Crippen molar-refractivity contribution in [2.75, 3.05) is 5.75 Å². The van der Waals surface area contributed by atoms with Crippen molar-refractivity contribution in [2.24, 2.45) is 0 Å². The van der Waals surface area contributed by atoms with E-state index in [2.05, 4.69) is 45.1 Å². The molecule has 0 saturated heterocycles. The Hall–Kier alpha value is -0.940. The maximum absolute atomic E-state index is 4.46. The highest BCUT2D eigenvalue weighted by molar-refractivity contribution is 7.99. The van der Waals surface area contributed by atoms with E-state index in [1.165, 1.54) is 25.7 Å². The average Bonchev–Trinajstić information content (AvgIpc) is 2.46. The fourth-order valence-corrected chi connectivity index (χ4v) is 3.20. The van der Waals surface area contributed by atoms with Crippen LogP contribution >= 0.6 is 11.8 Å². The van der Waals surface area contributed by atoms with Crippen LogP contribution in [0.15, 0.2) is 41.8 Å². The zero-order valence-corrected chi connectivity index (χ0v) is 15.7. The minimum atomic E-state index is 0. The van der Waals surface area contributed by atoms with E-state index < -0.39 is 0 Å². The summed E-state index contributed by atoms with van der Waals surface area (Å²) in [5.74, 6) is 1.11. The molecule has 0 aliphatic rings. The fraction of sp³-hybridized carbons (Fsp3) is 0.471. The molecule has 0 atom stereocenters.